The zero-order valence-electron chi connectivity index (χ0n) is 9.77. The quantitative estimate of drug-likeness (QED) is 0.743. The molecule has 0 saturated carbocycles. The van der Waals surface area contributed by atoms with Crippen LogP contribution in [0.15, 0.2) is 18.5 Å². The van der Waals surface area contributed by atoms with Crippen molar-refractivity contribution < 1.29 is 9.53 Å². The molecule has 0 bridgehead atoms. The van der Waals surface area contributed by atoms with Crippen LogP contribution in [0.4, 0.5) is 0 Å². The van der Waals surface area contributed by atoms with Crippen LogP contribution in [0.25, 0.3) is 0 Å². The summed E-state index contributed by atoms with van der Waals surface area (Å²) in [6.45, 7) is 4.81. The molecule has 0 fully saturated rings. The first-order valence-electron chi connectivity index (χ1n) is 5.51. The van der Waals surface area contributed by atoms with Crippen LogP contribution in [0, 0.1) is 5.92 Å². The van der Waals surface area contributed by atoms with E-state index in [0.29, 0.717) is 24.5 Å². The SMILES string of the molecule is CCCOc1cncc(C(=O)C(C)CN)c1. The van der Waals surface area contributed by atoms with Crippen LogP contribution in [0.2, 0.25) is 0 Å². The molecule has 0 aromatic carbocycles. The van der Waals surface area contributed by atoms with Gasteiger partial charge in [-0.15, -0.1) is 0 Å². The fourth-order valence-corrected chi connectivity index (χ4v) is 1.24. The van der Waals surface area contributed by atoms with Crippen molar-refractivity contribution in [3.8, 4) is 5.75 Å². The van der Waals surface area contributed by atoms with E-state index in [-0.39, 0.29) is 11.7 Å². The number of hydrogen-bond donors (Lipinski definition) is 1. The third-order valence-electron chi connectivity index (χ3n) is 2.27. The van der Waals surface area contributed by atoms with Crippen LogP contribution in [0.5, 0.6) is 5.75 Å². The summed E-state index contributed by atoms with van der Waals surface area (Å²) in [5.41, 5.74) is 6.02. The highest BCUT2D eigenvalue weighted by molar-refractivity contribution is 5.97. The molecule has 4 nitrogen and oxygen atoms in total. The van der Waals surface area contributed by atoms with E-state index in [0.717, 1.165) is 6.42 Å². The highest BCUT2D eigenvalue weighted by atomic mass is 16.5. The van der Waals surface area contributed by atoms with Crippen LogP contribution in [-0.4, -0.2) is 23.9 Å². The summed E-state index contributed by atoms with van der Waals surface area (Å²) in [5, 5.41) is 0. The van der Waals surface area contributed by atoms with Crippen LogP contribution in [0.3, 0.4) is 0 Å². The van der Waals surface area contributed by atoms with Crippen molar-refractivity contribution in [2.24, 2.45) is 11.7 Å². The van der Waals surface area contributed by atoms with E-state index >= 15 is 0 Å². The van der Waals surface area contributed by atoms with Gasteiger partial charge in [0.2, 0.25) is 0 Å². The molecule has 0 amide bonds. The van der Waals surface area contributed by atoms with Gasteiger partial charge in [-0.05, 0) is 12.5 Å². The van der Waals surface area contributed by atoms with Crippen LogP contribution < -0.4 is 10.5 Å². The van der Waals surface area contributed by atoms with Gasteiger partial charge in [0, 0.05) is 24.2 Å². The maximum Gasteiger partial charge on any atom is 0.168 e. The average Bonchev–Trinajstić information content (AvgIpc) is 2.34. The molecular weight excluding hydrogens is 204 g/mol. The van der Waals surface area contributed by atoms with E-state index in [4.69, 9.17) is 10.5 Å². The van der Waals surface area contributed by atoms with Gasteiger partial charge in [-0.2, -0.15) is 0 Å². The Morgan fingerprint density at radius 1 is 1.56 bits per heavy atom. The molecule has 2 N–H and O–H groups in total. The van der Waals surface area contributed by atoms with Crippen molar-refractivity contribution in [2.45, 2.75) is 20.3 Å². The van der Waals surface area contributed by atoms with E-state index in [1.165, 1.54) is 0 Å². The van der Waals surface area contributed by atoms with E-state index in [1.54, 1.807) is 18.5 Å². The number of Topliss-reactive ketones (excluding diaryl/α,β-unsaturated/α-hetero) is 1. The molecule has 0 saturated heterocycles. The Bertz CT molecular complexity index is 353. The first kappa shape index (κ1) is 12.6. The predicted molar refractivity (Wildman–Crippen MR) is 62.6 cm³/mol. The molecule has 0 aliphatic carbocycles. The van der Waals surface area contributed by atoms with Crippen molar-refractivity contribution in [3.63, 3.8) is 0 Å². The van der Waals surface area contributed by atoms with Gasteiger partial charge >= 0.3 is 0 Å². The van der Waals surface area contributed by atoms with Gasteiger partial charge in [0.05, 0.1) is 12.8 Å². The summed E-state index contributed by atoms with van der Waals surface area (Å²) < 4.78 is 5.41. The predicted octanol–water partition coefficient (Wildman–Crippen LogP) is 1.65. The largest absolute Gasteiger partial charge is 0.492 e. The highest BCUT2D eigenvalue weighted by Gasteiger charge is 2.14. The summed E-state index contributed by atoms with van der Waals surface area (Å²) in [5.74, 6) is 0.470. The van der Waals surface area contributed by atoms with Gasteiger partial charge in [0.15, 0.2) is 5.78 Å². The Morgan fingerprint density at radius 2 is 2.31 bits per heavy atom. The lowest BCUT2D eigenvalue weighted by Gasteiger charge is -2.09. The first-order valence-corrected chi connectivity index (χ1v) is 5.51. The molecule has 0 radical (unpaired) electrons. The molecule has 1 aromatic heterocycles. The van der Waals surface area contributed by atoms with Crippen molar-refractivity contribution in [2.75, 3.05) is 13.2 Å². The summed E-state index contributed by atoms with van der Waals surface area (Å²) >= 11 is 0. The van der Waals surface area contributed by atoms with Gasteiger partial charge in [-0.1, -0.05) is 13.8 Å². The van der Waals surface area contributed by atoms with Crippen molar-refractivity contribution in [1.82, 2.24) is 4.98 Å². The number of carbonyl (C=O) groups excluding carboxylic acids is 1. The minimum Gasteiger partial charge on any atom is -0.492 e. The number of ketones is 1. The lowest BCUT2D eigenvalue weighted by molar-refractivity contribution is 0.0933. The van der Waals surface area contributed by atoms with E-state index in [2.05, 4.69) is 4.98 Å². The second kappa shape index (κ2) is 6.23. The second-order valence-electron chi connectivity index (χ2n) is 3.76. The summed E-state index contributed by atoms with van der Waals surface area (Å²) in [7, 11) is 0. The van der Waals surface area contributed by atoms with Gasteiger partial charge in [0.25, 0.3) is 0 Å². The molecule has 1 rings (SSSR count). The standard InChI is InChI=1S/C12H18N2O2/c1-3-4-16-11-5-10(7-14-8-11)12(15)9(2)6-13/h5,7-9H,3-4,6,13H2,1-2H3. The smallest absolute Gasteiger partial charge is 0.168 e. The molecule has 16 heavy (non-hydrogen) atoms. The van der Waals surface area contributed by atoms with Crippen LogP contribution >= 0.6 is 0 Å². The summed E-state index contributed by atoms with van der Waals surface area (Å²) in [6.07, 6.45) is 4.09. The highest BCUT2D eigenvalue weighted by Crippen LogP contribution is 2.14. The Hall–Kier alpha value is -1.42. The monoisotopic (exact) mass is 222 g/mol. The maximum atomic E-state index is 11.8. The van der Waals surface area contributed by atoms with Gasteiger partial charge < -0.3 is 10.5 Å². The topological polar surface area (TPSA) is 65.2 Å². The molecule has 0 spiro atoms. The van der Waals surface area contributed by atoms with Crippen molar-refractivity contribution in [3.05, 3.63) is 24.0 Å². The van der Waals surface area contributed by atoms with E-state index < -0.39 is 0 Å². The third-order valence-corrected chi connectivity index (χ3v) is 2.27. The molecule has 1 aromatic rings. The lowest BCUT2D eigenvalue weighted by atomic mass is 10.0. The lowest BCUT2D eigenvalue weighted by Crippen LogP contribution is -2.20. The molecule has 1 atom stereocenters. The number of aromatic nitrogens is 1. The number of pyridine rings is 1. The number of carbonyl (C=O) groups is 1. The zero-order valence-corrected chi connectivity index (χ0v) is 9.77. The van der Waals surface area contributed by atoms with Crippen LogP contribution in [0.1, 0.15) is 30.6 Å². The van der Waals surface area contributed by atoms with E-state index in [1.807, 2.05) is 13.8 Å². The number of nitrogens with zero attached hydrogens (tertiary/aromatic N) is 1. The summed E-state index contributed by atoms with van der Waals surface area (Å²) in [6, 6.07) is 1.72. The van der Waals surface area contributed by atoms with Crippen molar-refractivity contribution in [1.29, 1.82) is 0 Å². The Labute approximate surface area is 95.8 Å². The van der Waals surface area contributed by atoms with E-state index in [9.17, 15) is 4.79 Å². The molecular formula is C12H18N2O2. The number of hydrogen-bond acceptors (Lipinski definition) is 4. The number of ether oxygens (including phenoxy) is 1. The molecule has 4 heteroatoms. The Balaban J connectivity index is 2.77. The fourth-order valence-electron chi connectivity index (χ4n) is 1.24. The van der Waals surface area contributed by atoms with Gasteiger partial charge in [-0.25, -0.2) is 0 Å². The molecule has 0 aliphatic heterocycles. The van der Waals surface area contributed by atoms with Crippen molar-refractivity contribution >= 4 is 5.78 Å². The minimum atomic E-state index is -0.178. The molecule has 88 valence electrons. The third kappa shape index (κ3) is 3.31. The fraction of sp³-hybridized carbons (Fsp3) is 0.500. The average molecular weight is 222 g/mol. The van der Waals surface area contributed by atoms with Crippen LogP contribution in [-0.2, 0) is 0 Å². The number of rotatable bonds is 6. The summed E-state index contributed by atoms with van der Waals surface area (Å²) in [4.78, 5) is 15.8. The van der Waals surface area contributed by atoms with Gasteiger partial charge in [0.1, 0.15) is 5.75 Å². The zero-order chi connectivity index (χ0) is 12.0. The molecule has 0 aliphatic rings. The van der Waals surface area contributed by atoms with Gasteiger partial charge in [-0.3, -0.25) is 9.78 Å². The second-order valence-corrected chi connectivity index (χ2v) is 3.76. The molecule has 1 unspecified atom stereocenters. The minimum absolute atomic E-state index is 0.0111. The maximum absolute atomic E-state index is 11.8. The number of nitrogens with two attached hydrogens (primary N) is 1. The first-order chi connectivity index (χ1) is 7.69. The Kier molecular flexibility index (Phi) is 4.92. The Morgan fingerprint density at radius 3 is 2.94 bits per heavy atom. The molecule has 1 heterocycles. The normalized spacial score (nSPS) is 12.2.